The van der Waals surface area contributed by atoms with Crippen LogP contribution in [0.1, 0.15) is 56.0 Å². The lowest BCUT2D eigenvalue weighted by Gasteiger charge is -2.26. The summed E-state index contributed by atoms with van der Waals surface area (Å²) in [6.07, 6.45) is 4.11. The van der Waals surface area contributed by atoms with E-state index in [9.17, 15) is 14.7 Å². The van der Waals surface area contributed by atoms with Crippen molar-refractivity contribution < 1.29 is 14.7 Å². The van der Waals surface area contributed by atoms with Crippen LogP contribution in [0, 0.1) is 0 Å². The number of carbonyl (C=O) groups is 2. The molecule has 4 rings (SSSR count). The number of hydrogen-bond acceptors (Lipinski definition) is 4. The van der Waals surface area contributed by atoms with Gasteiger partial charge in [-0.2, -0.15) is 0 Å². The van der Waals surface area contributed by atoms with Gasteiger partial charge in [0.1, 0.15) is 5.76 Å². The fourth-order valence-corrected chi connectivity index (χ4v) is 4.14. The Balaban J connectivity index is 1.87. The highest BCUT2D eigenvalue weighted by atomic mass is 16.3. The molecule has 2 aromatic carbocycles. The van der Waals surface area contributed by atoms with Gasteiger partial charge in [0.2, 0.25) is 0 Å². The molecule has 1 saturated heterocycles. The van der Waals surface area contributed by atoms with Crippen molar-refractivity contribution in [3.05, 3.63) is 101 Å². The molecule has 1 atom stereocenters. The molecule has 1 aliphatic heterocycles. The molecule has 0 bridgehead atoms. The van der Waals surface area contributed by atoms with Crippen molar-refractivity contribution in [2.75, 3.05) is 4.90 Å². The van der Waals surface area contributed by atoms with E-state index in [0.29, 0.717) is 16.8 Å². The Kier molecular flexibility index (Phi) is 5.90. The smallest absolute Gasteiger partial charge is 0.300 e. The lowest BCUT2D eigenvalue weighted by atomic mass is 9.87. The third kappa shape index (κ3) is 4.19. The van der Waals surface area contributed by atoms with E-state index in [1.807, 2.05) is 36.4 Å². The zero-order valence-electron chi connectivity index (χ0n) is 19.4. The molecule has 1 N–H and O–H groups in total. The molecule has 1 aromatic heterocycles. The highest BCUT2D eigenvalue weighted by molar-refractivity contribution is 6.51. The first-order valence-electron chi connectivity index (χ1n) is 11.1. The number of aliphatic hydroxyl groups is 1. The van der Waals surface area contributed by atoms with E-state index in [0.717, 1.165) is 17.5 Å². The molecule has 5 nitrogen and oxygen atoms in total. The summed E-state index contributed by atoms with van der Waals surface area (Å²) in [5.41, 5.74) is 4.10. The summed E-state index contributed by atoms with van der Waals surface area (Å²) in [4.78, 5) is 32.0. The lowest BCUT2D eigenvalue weighted by molar-refractivity contribution is -0.132. The Morgan fingerprint density at radius 1 is 0.939 bits per heavy atom. The van der Waals surface area contributed by atoms with Crippen LogP contribution in [0.4, 0.5) is 5.69 Å². The van der Waals surface area contributed by atoms with Crippen molar-refractivity contribution in [1.82, 2.24) is 4.98 Å². The van der Waals surface area contributed by atoms with Crippen LogP contribution >= 0.6 is 0 Å². The van der Waals surface area contributed by atoms with Crippen molar-refractivity contribution >= 4 is 23.1 Å². The van der Waals surface area contributed by atoms with Crippen molar-refractivity contribution in [2.45, 2.75) is 45.6 Å². The third-order valence-corrected chi connectivity index (χ3v) is 6.11. The topological polar surface area (TPSA) is 70.5 Å². The van der Waals surface area contributed by atoms with Crippen LogP contribution in [0.15, 0.2) is 78.6 Å². The second-order valence-electron chi connectivity index (χ2n) is 9.30. The predicted molar refractivity (Wildman–Crippen MR) is 130 cm³/mol. The molecule has 5 heteroatoms. The molecule has 1 amide bonds. The van der Waals surface area contributed by atoms with Crippen molar-refractivity contribution in [3.8, 4) is 0 Å². The average molecular weight is 441 g/mol. The number of Topliss-reactive ketones (excluding diaryl/α,β-unsaturated/α-hetero) is 1. The summed E-state index contributed by atoms with van der Waals surface area (Å²) in [5.74, 6) is -1.53. The third-order valence-electron chi connectivity index (χ3n) is 6.11. The summed E-state index contributed by atoms with van der Waals surface area (Å²) in [6.45, 7) is 8.41. The molecule has 0 spiro atoms. The Morgan fingerprint density at radius 2 is 1.55 bits per heavy atom. The van der Waals surface area contributed by atoms with Crippen LogP contribution in [0.3, 0.4) is 0 Å². The number of carbonyl (C=O) groups excluding carboxylic acids is 2. The summed E-state index contributed by atoms with van der Waals surface area (Å²) in [6, 6.07) is 17.8. The Hall–Kier alpha value is -3.73. The van der Waals surface area contributed by atoms with E-state index < -0.39 is 17.7 Å². The van der Waals surface area contributed by atoms with Gasteiger partial charge in [-0.1, -0.05) is 64.1 Å². The van der Waals surface area contributed by atoms with E-state index in [2.05, 4.69) is 32.7 Å². The van der Waals surface area contributed by atoms with Crippen LogP contribution in [0.2, 0.25) is 0 Å². The average Bonchev–Trinajstić information content (AvgIpc) is 3.09. The quantitative estimate of drug-likeness (QED) is 0.327. The van der Waals surface area contributed by atoms with Gasteiger partial charge in [0.05, 0.1) is 11.6 Å². The lowest BCUT2D eigenvalue weighted by Crippen LogP contribution is -2.29. The summed E-state index contributed by atoms with van der Waals surface area (Å²) >= 11 is 0. The second-order valence-corrected chi connectivity index (χ2v) is 9.30. The van der Waals surface area contributed by atoms with E-state index in [1.165, 1.54) is 4.90 Å². The number of amides is 1. The maximum Gasteiger partial charge on any atom is 0.300 e. The van der Waals surface area contributed by atoms with Gasteiger partial charge in [-0.25, -0.2) is 0 Å². The minimum absolute atomic E-state index is 0.0398. The fraction of sp³-hybridized carbons (Fsp3) is 0.250. The molecule has 33 heavy (non-hydrogen) atoms. The van der Waals surface area contributed by atoms with E-state index in [1.54, 1.807) is 36.7 Å². The van der Waals surface area contributed by atoms with Crippen LogP contribution in [-0.4, -0.2) is 21.8 Å². The standard InChI is InChI=1S/C28H28N2O3/c1-5-18-6-8-20(9-7-18)25(31)23-24(19-14-16-29-17-15-19)30(27(33)26(23)32)22-12-10-21(11-13-22)28(2,3)4/h6-17,24,31H,5H2,1-4H3/b25-23+. The van der Waals surface area contributed by atoms with E-state index in [-0.39, 0.29) is 16.7 Å². The second kappa shape index (κ2) is 8.66. The van der Waals surface area contributed by atoms with Gasteiger partial charge in [0, 0.05) is 23.6 Å². The number of hydrogen-bond donors (Lipinski definition) is 1. The SMILES string of the molecule is CCc1ccc(/C(O)=C2\C(=O)C(=O)N(c3ccc(C(C)(C)C)cc3)C2c2ccncc2)cc1. The number of nitrogens with zero attached hydrogens (tertiary/aromatic N) is 2. The molecular weight excluding hydrogens is 412 g/mol. The van der Waals surface area contributed by atoms with Gasteiger partial charge >= 0.3 is 0 Å². The molecular formula is C28H28N2O3. The first-order valence-corrected chi connectivity index (χ1v) is 11.1. The monoisotopic (exact) mass is 440 g/mol. The van der Waals surface area contributed by atoms with Crippen molar-refractivity contribution in [3.63, 3.8) is 0 Å². The Labute approximate surface area is 194 Å². The molecule has 0 radical (unpaired) electrons. The van der Waals surface area contributed by atoms with Crippen molar-refractivity contribution in [1.29, 1.82) is 0 Å². The normalized spacial score (nSPS) is 18.1. The van der Waals surface area contributed by atoms with Gasteiger partial charge in [-0.3, -0.25) is 19.5 Å². The number of aryl methyl sites for hydroxylation is 1. The maximum atomic E-state index is 13.2. The number of benzene rings is 2. The van der Waals surface area contributed by atoms with Gasteiger partial charge in [0.15, 0.2) is 0 Å². The highest BCUT2D eigenvalue weighted by Gasteiger charge is 2.47. The van der Waals surface area contributed by atoms with Gasteiger partial charge < -0.3 is 5.11 Å². The molecule has 168 valence electrons. The number of aromatic nitrogens is 1. The van der Waals surface area contributed by atoms with Crippen LogP contribution in [-0.2, 0) is 21.4 Å². The molecule has 3 aromatic rings. The zero-order chi connectivity index (χ0) is 23.8. The molecule has 1 unspecified atom stereocenters. The van der Waals surface area contributed by atoms with Gasteiger partial charge in [-0.05, 0) is 52.8 Å². The fourth-order valence-electron chi connectivity index (χ4n) is 4.14. The number of aliphatic hydroxyl groups excluding tert-OH is 1. The summed E-state index contributed by atoms with van der Waals surface area (Å²) in [5, 5.41) is 11.2. The zero-order valence-corrected chi connectivity index (χ0v) is 19.4. The van der Waals surface area contributed by atoms with E-state index >= 15 is 0 Å². The molecule has 1 fully saturated rings. The molecule has 0 saturated carbocycles. The number of ketones is 1. The minimum atomic E-state index is -0.751. The summed E-state index contributed by atoms with van der Waals surface area (Å²) in [7, 11) is 0. The van der Waals surface area contributed by atoms with Crippen LogP contribution < -0.4 is 4.90 Å². The molecule has 1 aliphatic rings. The molecule has 0 aliphatic carbocycles. The van der Waals surface area contributed by atoms with Gasteiger partial charge in [-0.15, -0.1) is 0 Å². The van der Waals surface area contributed by atoms with E-state index in [4.69, 9.17) is 0 Å². The minimum Gasteiger partial charge on any atom is -0.507 e. The van der Waals surface area contributed by atoms with Crippen molar-refractivity contribution in [2.24, 2.45) is 0 Å². The Morgan fingerprint density at radius 3 is 2.09 bits per heavy atom. The molecule has 2 heterocycles. The van der Waals surface area contributed by atoms with Gasteiger partial charge in [0.25, 0.3) is 11.7 Å². The maximum absolute atomic E-state index is 13.2. The number of rotatable bonds is 4. The first-order chi connectivity index (χ1) is 15.7. The first kappa shape index (κ1) is 22.5. The van der Waals surface area contributed by atoms with Crippen LogP contribution in [0.5, 0.6) is 0 Å². The summed E-state index contributed by atoms with van der Waals surface area (Å²) < 4.78 is 0. The Bertz CT molecular complexity index is 1200. The largest absolute Gasteiger partial charge is 0.507 e. The predicted octanol–water partition coefficient (Wildman–Crippen LogP) is 5.57. The van der Waals surface area contributed by atoms with Crippen LogP contribution in [0.25, 0.3) is 5.76 Å². The number of pyridine rings is 1. The highest BCUT2D eigenvalue weighted by Crippen LogP contribution is 2.42. The number of anilines is 1.